The van der Waals surface area contributed by atoms with E-state index in [0.717, 1.165) is 20.8 Å². The van der Waals surface area contributed by atoms with Crippen LogP contribution in [0.3, 0.4) is 0 Å². The highest BCUT2D eigenvalue weighted by molar-refractivity contribution is 6.16. The van der Waals surface area contributed by atoms with Crippen molar-refractivity contribution in [2.75, 3.05) is 6.54 Å². The topological polar surface area (TPSA) is 173 Å². The fourth-order valence-corrected chi connectivity index (χ4v) is 1.98. The second-order valence-corrected chi connectivity index (χ2v) is 5.54. The van der Waals surface area contributed by atoms with Crippen LogP contribution in [0.2, 0.25) is 0 Å². The summed E-state index contributed by atoms with van der Waals surface area (Å²) in [6, 6.07) is -2.50. The Hall–Kier alpha value is -2.33. The Kier molecular flexibility index (Phi) is 7.68. The zero-order valence-corrected chi connectivity index (χ0v) is 14.2. The maximum atomic E-state index is 12.4. The van der Waals surface area contributed by atoms with Crippen molar-refractivity contribution in [1.82, 2.24) is 10.2 Å². The van der Waals surface area contributed by atoms with Crippen molar-refractivity contribution in [1.29, 1.82) is 0 Å². The highest BCUT2D eigenvalue weighted by Gasteiger charge is 2.50. The molecule has 24 heavy (non-hydrogen) atoms. The molecule has 136 valence electrons. The molecule has 0 aromatic carbocycles. The Morgan fingerprint density at radius 2 is 1.71 bits per heavy atom. The zero-order chi connectivity index (χ0) is 19.2. The van der Waals surface area contributed by atoms with Gasteiger partial charge in [0.1, 0.15) is 6.04 Å². The first-order chi connectivity index (χ1) is 10.9. The predicted octanol–water partition coefficient (Wildman–Crippen LogP) is -2.03. The normalized spacial score (nSPS) is 15.6. The number of nitrogens with two attached hydrogens (primary N) is 2. The van der Waals surface area contributed by atoms with E-state index in [1.165, 1.54) is 6.92 Å². The summed E-state index contributed by atoms with van der Waals surface area (Å²) in [6.07, 6.45) is 0.0454. The van der Waals surface area contributed by atoms with E-state index >= 15 is 0 Å². The van der Waals surface area contributed by atoms with Gasteiger partial charge in [0.25, 0.3) is 5.91 Å². The molecule has 0 fully saturated rings. The quantitative estimate of drug-likeness (QED) is 0.365. The van der Waals surface area contributed by atoms with E-state index in [0.29, 0.717) is 4.90 Å². The van der Waals surface area contributed by atoms with Crippen molar-refractivity contribution < 1.29 is 29.1 Å². The summed E-state index contributed by atoms with van der Waals surface area (Å²) >= 11 is 0. The largest absolute Gasteiger partial charge is 0.480 e. The summed E-state index contributed by atoms with van der Waals surface area (Å²) in [4.78, 5) is 60.2. The smallest absolute Gasteiger partial charge is 0.325 e. The summed E-state index contributed by atoms with van der Waals surface area (Å²) in [5.74, 6) is -5.06. The van der Waals surface area contributed by atoms with E-state index in [-0.39, 0.29) is 13.0 Å². The van der Waals surface area contributed by atoms with Gasteiger partial charge < -0.3 is 21.9 Å². The summed E-state index contributed by atoms with van der Waals surface area (Å²) in [5.41, 5.74) is 8.75. The van der Waals surface area contributed by atoms with E-state index < -0.39 is 47.1 Å². The van der Waals surface area contributed by atoms with Gasteiger partial charge in [-0.25, -0.2) is 0 Å². The Morgan fingerprint density at radius 3 is 2.04 bits per heavy atom. The Morgan fingerprint density at radius 1 is 1.21 bits per heavy atom. The molecular weight excluding hydrogens is 320 g/mol. The number of nitrogens with one attached hydrogen (secondary N) is 1. The molecule has 0 aliphatic carbocycles. The molecule has 0 aromatic rings. The zero-order valence-electron chi connectivity index (χ0n) is 14.2. The van der Waals surface area contributed by atoms with Gasteiger partial charge in [0.05, 0.1) is 6.04 Å². The van der Waals surface area contributed by atoms with Gasteiger partial charge in [-0.3, -0.25) is 28.9 Å². The Bertz CT molecular complexity index is 549. The number of carboxylic acid groups (broad SMARTS) is 1. The van der Waals surface area contributed by atoms with Crippen LogP contribution in [-0.4, -0.2) is 63.6 Å². The fraction of sp³-hybridized carbons (Fsp3) is 0.643. The number of carbonyl (C=O) groups excluding carboxylic acids is 4. The van der Waals surface area contributed by atoms with Crippen LogP contribution >= 0.6 is 0 Å². The highest BCUT2D eigenvalue weighted by Crippen LogP contribution is 2.20. The SMILES string of the molecule is CC(=O)N(C(=O)C(N)CCN)C(C)(C(C)=O)C(=O)NC(C)C(=O)O. The van der Waals surface area contributed by atoms with Crippen LogP contribution in [0.15, 0.2) is 0 Å². The van der Waals surface area contributed by atoms with Gasteiger partial charge >= 0.3 is 5.97 Å². The molecule has 10 heteroatoms. The van der Waals surface area contributed by atoms with Gasteiger partial charge in [0.15, 0.2) is 11.3 Å². The average Bonchev–Trinajstić information content (AvgIpc) is 2.46. The van der Waals surface area contributed by atoms with Gasteiger partial charge in [-0.1, -0.05) is 0 Å². The van der Waals surface area contributed by atoms with Crippen LogP contribution in [0.1, 0.15) is 34.1 Å². The minimum absolute atomic E-state index is 0.0454. The molecule has 0 bridgehead atoms. The third kappa shape index (κ3) is 4.59. The van der Waals surface area contributed by atoms with Crippen molar-refractivity contribution in [3.8, 4) is 0 Å². The minimum Gasteiger partial charge on any atom is -0.480 e. The van der Waals surface area contributed by atoms with Crippen LogP contribution in [0.5, 0.6) is 0 Å². The molecule has 0 spiro atoms. The summed E-state index contributed by atoms with van der Waals surface area (Å²) in [7, 11) is 0. The van der Waals surface area contributed by atoms with Gasteiger partial charge in [-0.05, 0) is 33.7 Å². The summed E-state index contributed by atoms with van der Waals surface area (Å²) < 4.78 is 0. The predicted molar refractivity (Wildman–Crippen MR) is 83.5 cm³/mol. The van der Waals surface area contributed by atoms with Crippen LogP contribution in [-0.2, 0) is 24.0 Å². The van der Waals surface area contributed by atoms with Crippen molar-refractivity contribution >= 4 is 29.5 Å². The van der Waals surface area contributed by atoms with Crippen molar-refractivity contribution in [2.24, 2.45) is 11.5 Å². The van der Waals surface area contributed by atoms with Gasteiger partial charge in [-0.2, -0.15) is 0 Å². The number of ketones is 1. The first kappa shape index (κ1) is 21.7. The monoisotopic (exact) mass is 344 g/mol. The number of aliphatic carboxylic acids is 1. The number of hydrogen-bond acceptors (Lipinski definition) is 7. The molecule has 0 radical (unpaired) electrons. The lowest BCUT2D eigenvalue weighted by atomic mass is 9.91. The number of carboxylic acids is 1. The molecule has 0 heterocycles. The molecule has 6 N–H and O–H groups in total. The van der Waals surface area contributed by atoms with E-state index in [1.807, 2.05) is 0 Å². The van der Waals surface area contributed by atoms with Gasteiger partial charge in [-0.15, -0.1) is 0 Å². The van der Waals surface area contributed by atoms with E-state index in [1.54, 1.807) is 0 Å². The van der Waals surface area contributed by atoms with Crippen LogP contribution in [0.25, 0.3) is 0 Å². The maximum Gasteiger partial charge on any atom is 0.325 e. The molecule has 10 nitrogen and oxygen atoms in total. The first-order valence-corrected chi connectivity index (χ1v) is 7.26. The fourth-order valence-electron chi connectivity index (χ4n) is 1.98. The lowest BCUT2D eigenvalue weighted by Crippen LogP contribution is -2.67. The average molecular weight is 344 g/mol. The van der Waals surface area contributed by atoms with Crippen molar-refractivity contribution in [2.45, 2.75) is 51.7 Å². The maximum absolute atomic E-state index is 12.4. The first-order valence-electron chi connectivity index (χ1n) is 7.26. The number of nitrogens with zero attached hydrogens (tertiary/aromatic N) is 1. The lowest BCUT2D eigenvalue weighted by Gasteiger charge is -2.37. The van der Waals surface area contributed by atoms with E-state index in [2.05, 4.69) is 5.32 Å². The third-order valence-corrected chi connectivity index (χ3v) is 3.62. The number of amides is 3. The molecular formula is C14H24N4O6. The number of imide groups is 1. The number of Topliss-reactive ketones (excluding diaryl/α,β-unsaturated/α-hetero) is 1. The van der Waals surface area contributed by atoms with Crippen molar-refractivity contribution in [3.63, 3.8) is 0 Å². The molecule has 3 unspecified atom stereocenters. The van der Waals surface area contributed by atoms with Crippen LogP contribution < -0.4 is 16.8 Å². The molecule has 3 atom stereocenters. The summed E-state index contributed by atoms with van der Waals surface area (Å²) in [5, 5.41) is 11.0. The Labute approximate surface area is 139 Å². The number of rotatable bonds is 8. The molecule has 3 amide bonds. The van der Waals surface area contributed by atoms with Gasteiger partial charge in [0.2, 0.25) is 11.8 Å². The van der Waals surface area contributed by atoms with E-state index in [4.69, 9.17) is 16.6 Å². The molecule has 0 aliphatic rings. The van der Waals surface area contributed by atoms with Crippen LogP contribution in [0, 0.1) is 0 Å². The Balaban J connectivity index is 5.89. The second-order valence-electron chi connectivity index (χ2n) is 5.54. The molecule has 0 aliphatic heterocycles. The lowest BCUT2D eigenvalue weighted by molar-refractivity contribution is -0.162. The molecule has 0 aromatic heterocycles. The second kappa shape index (κ2) is 8.50. The number of carbonyl (C=O) groups is 5. The van der Waals surface area contributed by atoms with Crippen molar-refractivity contribution in [3.05, 3.63) is 0 Å². The highest BCUT2D eigenvalue weighted by atomic mass is 16.4. The number of hydrogen-bond donors (Lipinski definition) is 4. The molecule has 0 saturated heterocycles. The van der Waals surface area contributed by atoms with Crippen LogP contribution in [0.4, 0.5) is 0 Å². The minimum atomic E-state index is -2.22. The molecule has 0 rings (SSSR count). The standard InChI is InChI=1S/C14H24N4O6/c1-7(12(22)23)17-13(24)14(4,8(2)19)18(9(3)20)11(21)10(16)5-6-15/h7,10H,5-6,15-16H2,1-4H3,(H,17,24)(H,22,23). The third-order valence-electron chi connectivity index (χ3n) is 3.62. The van der Waals surface area contributed by atoms with E-state index in [9.17, 15) is 24.0 Å². The van der Waals surface area contributed by atoms with Gasteiger partial charge in [0, 0.05) is 6.92 Å². The molecule has 0 saturated carbocycles. The summed E-state index contributed by atoms with van der Waals surface area (Å²) in [6.45, 7) is 4.33.